The molecule has 1 N–H and O–H groups in total. The van der Waals surface area contributed by atoms with Gasteiger partial charge in [-0.2, -0.15) is 0 Å². The zero-order valence-electron chi connectivity index (χ0n) is 9.14. The topological polar surface area (TPSA) is 54.9 Å². The summed E-state index contributed by atoms with van der Waals surface area (Å²) in [6.07, 6.45) is 2.68. The van der Waals surface area contributed by atoms with Crippen LogP contribution in [0.2, 0.25) is 5.15 Å². The largest absolute Gasteiger partial charge is 0.321 e. The Hall–Kier alpha value is -1.94. The van der Waals surface area contributed by atoms with Gasteiger partial charge in [-0.15, -0.1) is 0 Å². The Morgan fingerprint density at radius 1 is 1.18 bits per heavy atom. The molecule has 0 unspecified atom stereocenters. The Kier molecular flexibility index (Phi) is 3.35. The maximum atomic E-state index is 11.8. The third kappa shape index (κ3) is 3.01. The van der Waals surface area contributed by atoms with Crippen LogP contribution in [0.5, 0.6) is 0 Å². The number of carbonyl (C=O) groups excluding carboxylic acids is 1. The first-order valence-electron chi connectivity index (χ1n) is 5.01. The van der Waals surface area contributed by atoms with E-state index in [1.165, 1.54) is 12.4 Å². The molecular weight excluding hydrogens is 238 g/mol. The van der Waals surface area contributed by atoms with Gasteiger partial charge in [-0.3, -0.25) is 4.79 Å². The molecule has 86 valence electrons. The lowest BCUT2D eigenvalue weighted by atomic mass is 10.2. The van der Waals surface area contributed by atoms with E-state index in [0.29, 0.717) is 0 Å². The molecule has 2 aromatic rings. The third-order valence-electron chi connectivity index (χ3n) is 2.16. The molecule has 0 saturated heterocycles. The summed E-state index contributed by atoms with van der Waals surface area (Å²) in [5, 5.41) is 2.98. The molecule has 0 saturated carbocycles. The van der Waals surface area contributed by atoms with Crippen LogP contribution in [-0.2, 0) is 0 Å². The average molecular weight is 248 g/mol. The Labute approximate surface area is 104 Å². The van der Waals surface area contributed by atoms with E-state index in [0.717, 1.165) is 11.3 Å². The van der Waals surface area contributed by atoms with Crippen LogP contribution in [0.25, 0.3) is 0 Å². The van der Waals surface area contributed by atoms with Crippen molar-refractivity contribution >= 4 is 23.2 Å². The van der Waals surface area contributed by atoms with Gasteiger partial charge in [0.25, 0.3) is 5.91 Å². The van der Waals surface area contributed by atoms with Crippen LogP contribution >= 0.6 is 11.6 Å². The van der Waals surface area contributed by atoms with E-state index in [-0.39, 0.29) is 16.8 Å². The molecule has 4 nitrogen and oxygen atoms in total. The fraction of sp³-hybridized carbons (Fsp3) is 0.0833. The summed E-state index contributed by atoms with van der Waals surface area (Å²) in [5.41, 5.74) is 2.08. The highest BCUT2D eigenvalue weighted by Crippen LogP contribution is 2.10. The quantitative estimate of drug-likeness (QED) is 0.888. The van der Waals surface area contributed by atoms with E-state index in [2.05, 4.69) is 15.3 Å². The number of hydrogen-bond donors (Lipinski definition) is 1. The van der Waals surface area contributed by atoms with Gasteiger partial charge in [0.2, 0.25) is 0 Å². The minimum atomic E-state index is -0.307. The minimum absolute atomic E-state index is 0.231. The lowest BCUT2D eigenvalue weighted by molar-refractivity contribution is 0.102. The first-order valence-corrected chi connectivity index (χ1v) is 5.38. The second-order valence-corrected chi connectivity index (χ2v) is 3.93. The fourth-order valence-electron chi connectivity index (χ4n) is 1.26. The van der Waals surface area contributed by atoms with Crippen molar-refractivity contribution in [3.8, 4) is 0 Å². The first kappa shape index (κ1) is 11.5. The summed E-state index contributed by atoms with van der Waals surface area (Å²) in [4.78, 5) is 19.4. The molecule has 0 fully saturated rings. The predicted octanol–water partition coefficient (Wildman–Crippen LogP) is 2.69. The van der Waals surface area contributed by atoms with Crippen molar-refractivity contribution in [1.82, 2.24) is 9.97 Å². The van der Waals surface area contributed by atoms with E-state index in [1.54, 1.807) is 0 Å². The van der Waals surface area contributed by atoms with Crippen LogP contribution in [0.1, 0.15) is 16.1 Å². The van der Waals surface area contributed by atoms with Crippen molar-refractivity contribution in [2.24, 2.45) is 0 Å². The minimum Gasteiger partial charge on any atom is -0.321 e. The van der Waals surface area contributed by atoms with Gasteiger partial charge >= 0.3 is 0 Å². The predicted molar refractivity (Wildman–Crippen MR) is 66.2 cm³/mol. The Morgan fingerprint density at radius 2 is 1.88 bits per heavy atom. The van der Waals surface area contributed by atoms with Crippen molar-refractivity contribution < 1.29 is 4.79 Å². The molecule has 0 aliphatic rings. The standard InChI is InChI=1S/C12H10ClN3O/c1-8-2-4-9(5-3-8)16-12(17)10-6-15-11(13)7-14-10/h2-7H,1H3,(H,16,17). The number of carbonyl (C=O) groups is 1. The number of nitrogens with one attached hydrogen (secondary N) is 1. The van der Waals surface area contributed by atoms with E-state index >= 15 is 0 Å². The van der Waals surface area contributed by atoms with Gasteiger partial charge in [-0.05, 0) is 19.1 Å². The summed E-state index contributed by atoms with van der Waals surface area (Å²) in [5.74, 6) is -0.307. The van der Waals surface area contributed by atoms with Crippen LogP contribution in [0.15, 0.2) is 36.7 Å². The average Bonchev–Trinajstić information content (AvgIpc) is 2.33. The molecule has 1 amide bonds. The van der Waals surface area contributed by atoms with Crippen LogP contribution in [0, 0.1) is 6.92 Å². The van der Waals surface area contributed by atoms with Crippen LogP contribution in [0.4, 0.5) is 5.69 Å². The molecule has 17 heavy (non-hydrogen) atoms. The van der Waals surface area contributed by atoms with Gasteiger partial charge in [0.15, 0.2) is 0 Å². The number of aromatic nitrogens is 2. The number of benzene rings is 1. The highest BCUT2D eigenvalue weighted by atomic mass is 35.5. The van der Waals surface area contributed by atoms with E-state index in [1.807, 2.05) is 31.2 Å². The Bertz CT molecular complexity index is 522. The molecule has 0 radical (unpaired) electrons. The fourth-order valence-corrected chi connectivity index (χ4v) is 1.36. The van der Waals surface area contributed by atoms with Crippen molar-refractivity contribution in [2.75, 3.05) is 5.32 Å². The highest BCUT2D eigenvalue weighted by molar-refractivity contribution is 6.29. The second-order valence-electron chi connectivity index (χ2n) is 3.54. The van der Waals surface area contributed by atoms with Gasteiger partial charge in [-0.1, -0.05) is 29.3 Å². The lowest BCUT2D eigenvalue weighted by Crippen LogP contribution is -2.13. The van der Waals surface area contributed by atoms with Gasteiger partial charge in [0.1, 0.15) is 10.8 Å². The summed E-state index contributed by atoms with van der Waals surface area (Å²) in [6.45, 7) is 1.98. The summed E-state index contributed by atoms with van der Waals surface area (Å²) >= 11 is 5.59. The molecule has 0 atom stereocenters. The molecule has 0 aliphatic carbocycles. The maximum Gasteiger partial charge on any atom is 0.275 e. The molecule has 2 rings (SSSR count). The number of anilines is 1. The lowest BCUT2D eigenvalue weighted by Gasteiger charge is -2.04. The van der Waals surface area contributed by atoms with Crippen molar-refractivity contribution in [1.29, 1.82) is 0 Å². The Morgan fingerprint density at radius 3 is 2.47 bits per heavy atom. The number of halogens is 1. The maximum absolute atomic E-state index is 11.8. The summed E-state index contributed by atoms with van der Waals surface area (Å²) in [6, 6.07) is 7.50. The SMILES string of the molecule is Cc1ccc(NC(=O)c2cnc(Cl)cn2)cc1. The van der Waals surface area contributed by atoms with E-state index < -0.39 is 0 Å². The molecule has 0 bridgehead atoms. The molecule has 0 spiro atoms. The highest BCUT2D eigenvalue weighted by Gasteiger charge is 2.07. The summed E-state index contributed by atoms with van der Waals surface area (Å²) in [7, 11) is 0. The number of nitrogens with zero attached hydrogens (tertiary/aromatic N) is 2. The monoisotopic (exact) mass is 247 g/mol. The molecule has 0 aliphatic heterocycles. The molecule has 1 heterocycles. The van der Waals surface area contributed by atoms with Gasteiger partial charge < -0.3 is 5.32 Å². The number of aryl methyl sites for hydroxylation is 1. The van der Waals surface area contributed by atoms with Crippen LogP contribution in [0.3, 0.4) is 0 Å². The third-order valence-corrected chi connectivity index (χ3v) is 2.36. The first-order chi connectivity index (χ1) is 8.15. The number of amides is 1. The van der Waals surface area contributed by atoms with E-state index in [9.17, 15) is 4.79 Å². The molecule has 1 aromatic heterocycles. The molecular formula is C12H10ClN3O. The molecule has 5 heteroatoms. The molecule has 1 aromatic carbocycles. The van der Waals surface area contributed by atoms with Crippen molar-refractivity contribution in [3.63, 3.8) is 0 Å². The summed E-state index contributed by atoms with van der Waals surface area (Å²) < 4.78 is 0. The van der Waals surface area contributed by atoms with Gasteiger partial charge in [0, 0.05) is 5.69 Å². The van der Waals surface area contributed by atoms with Crippen molar-refractivity contribution in [3.05, 3.63) is 53.1 Å². The van der Waals surface area contributed by atoms with Crippen LogP contribution in [-0.4, -0.2) is 15.9 Å². The second kappa shape index (κ2) is 4.93. The van der Waals surface area contributed by atoms with Gasteiger partial charge in [0.05, 0.1) is 12.4 Å². The normalized spacial score (nSPS) is 10.0. The van der Waals surface area contributed by atoms with Gasteiger partial charge in [-0.25, -0.2) is 9.97 Å². The number of hydrogen-bond acceptors (Lipinski definition) is 3. The zero-order chi connectivity index (χ0) is 12.3. The number of rotatable bonds is 2. The van der Waals surface area contributed by atoms with Crippen LogP contribution < -0.4 is 5.32 Å². The Balaban J connectivity index is 2.11. The zero-order valence-corrected chi connectivity index (χ0v) is 9.90. The van der Waals surface area contributed by atoms with Crippen molar-refractivity contribution in [2.45, 2.75) is 6.92 Å². The smallest absolute Gasteiger partial charge is 0.275 e. The van der Waals surface area contributed by atoms with E-state index in [4.69, 9.17) is 11.6 Å².